The molecule has 1 aromatic rings. The summed E-state index contributed by atoms with van der Waals surface area (Å²) in [6.07, 6.45) is 0.704. The van der Waals surface area contributed by atoms with E-state index < -0.39 is 12.0 Å². The van der Waals surface area contributed by atoms with E-state index in [9.17, 15) is 9.59 Å². The predicted molar refractivity (Wildman–Crippen MR) is 76.2 cm³/mol. The third-order valence-electron chi connectivity index (χ3n) is 3.02. The summed E-state index contributed by atoms with van der Waals surface area (Å²) in [5, 5.41) is 4.74. The van der Waals surface area contributed by atoms with Gasteiger partial charge in [-0.3, -0.25) is 9.59 Å². The van der Waals surface area contributed by atoms with Crippen LogP contribution in [0.1, 0.15) is 28.1 Å². The maximum absolute atomic E-state index is 12.0. The number of hydrogen-bond acceptors (Lipinski definition) is 4. The number of primary amides is 1. The first-order valence-electron chi connectivity index (χ1n) is 5.95. The van der Waals surface area contributed by atoms with E-state index in [1.807, 2.05) is 12.3 Å². The molecule has 1 aliphatic rings. The average Bonchev–Trinajstić information content (AvgIpc) is 2.95. The Bertz CT molecular complexity index is 503. The number of hydrogen-bond donors (Lipinski definition) is 2. The van der Waals surface area contributed by atoms with Gasteiger partial charge in [0.1, 0.15) is 11.0 Å². The van der Waals surface area contributed by atoms with Gasteiger partial charge >= 0.3 is 0 Å². The van der Waals surface area contributed by atoms with Crippen molar-refractivity contribution in [3.05, 3.63) is 20.3 Å². The molecule has 0 radical (unpaired) electrons. The fourth-order valence-corrected chi connectivity index (χ4v) is 3.52. The Hall–Kier alpha value is -0.920. The smallest absolute Gasteiger partial charge is 0.262 e. The quantitative estimate of drug-likeness (QED) is 0.868. The highest BCUT2D eigenvalue weighted by Gasteiger charge is 2.29. The number of carbonyl (C=O) groups excluding carboxylic acids is 2. The van der Waals surface area contributed by atoms with Gasteiger partial charge in [0.05, 0.1) is 6.10 Å². The molecular weight excluding hydrogens is 332 g/mol. The second kappa shape index (κ2) is 6.02. The van der Waals surface area contributed by atoms with Gasteiger partial charge in [0.25, 0.3) is 5.91 Å². The number of carbonyl (C=O) groups is 2. The standard InChI is InChI=1S/C12H15BrN2O3S/c1-6-5-19-10(9(6)13)12(17)15-4-7-2-3-8(18-7)11(14)16/h5,7-8H,2-4H2,1H3,(H2,14,16)(H,15,17)/t7-,8+/m0/s1. The van der Waals surface area contributed by atoms with Crippen molar-refractivity contribution in [3.8, 4) is 0 Å². The minimum atomic E-state index is -0.516. The van der Waals surface area contributed by atoms with Crippen LogP contribution in [0.5, 0.6) is 0 Å². The number of nitrogens with two attached hydrogens (primary N) is 1. The Balaban J connectivity index is 1.85. The van der Waals surface area contributed by atoms with Gasteiger partial charge in [-0.15, -0.1) is 11.3 Å². The number of rotatable bonds is 4. The minimum absolute atomic E-state index is 0.129. The molecule has 5 nitrogen and oxygen atoms in total. The van der Waals surface area contributed by atoms with Gasteiger partial charge in [-0.2, -0.15) is 0 Å². The molecular formula is C12H15BrN2O3S. The first-order valence-corrected chi connectivity index (χ1v) is 7.63. The lowest BCUT2D eigenvalue weighted by Crippen LogP contribution is -2.34. The summed E-state index contributed by atoms with van der Waals surface area (Å²) in [5.74, 6) is -0.568. The Morgan fingerprint density at radius 3 is 2.84 bits per heavy atom. The Kier molecular flexibility index (Phi) is 4.59. The summed E-state index contributed by atoms with van der Waals surface area (Å²) in [7, 11) is 0. The van der Waals surface area contributed by atoms with Crippen LogP contribution in [-0.2, 0) is 9.53 Å². The topological polar surface area (TPSA) is 81.4 Å². The molecule has 7 heteroatoms. The number of nitrogens with one attached hydrogen (secondary N) is 1. The molecule has 1 saturated heterocycles. The van der Waals surface area contributed by atoms with Crippen molar-refractivity contribution in [2.24, 2.45) is 5.73 Å². The van der Waals surface area contributed by atoms with Crippen molar-refractivity contribution in [3.63, 3.8) is 0 Å². The molecule has 1 aliphatic heterocycles. The largest absolute Gasteiger partial charge is 0.367 e. The van der Waals surface area contributed by atoms with Gasteiger partial charge in [-0.25, -0.2) is 0 Å². The highest BCUT2D eigenvalue weighted by atomic mass is 79.9. The van der Waals surface area contributed by atoms with Crippen LogP contribution < -0.4 is 11.1 Å². The van der Waals surface area contributed by atoms with E-state index in [4.69, 9.17) is 10.5 Å². The van der Waals surface area contributed by atoms with E-state index in [2.05, 4.69) is 21.2 Å². The molecule has 2 heterocycles. The third kappa shape index (κ3) is 3.34. The highest BCUT2D eigenvalue weighted by Crippen LogP contribution is 2.27. The third-order valence-corrected chi connectivity index (χ3v) is 5.40. The SMILES string of the molecule is Cc1csc(C(=O)NC[C@@H]2CC[C@H](C(N)=O)O2)c1Br. The number of aryl methyl sites for hydroxylation is 1. The minimum Gasteiger partial charge on any atom is -0.367 e. The van der Waals surface area contributed by atoms with E-state index in [1.54, 1.807) is 0 Å². The summed E-state index contributed by atoms with van der Waals surface area (Å²) in [5.41, 5.74) is 6.22. The lowest BCUT2D eigenvalue weighted by Gasteiger charge is -2.12. The number of thiophene rings is 1. The van der Waals surface area contributed by atoms with Gasteiger partial charge in [0.2, 0.25) is 5.91 Å². The summed E-state index contributed by atoms with van der Waals surface area (Å²) in [4.78, 5) is 23.6. The van der Waals surface area contributed by atoms with Crippen LogP contribution >= 0.6 is 27.3 Å². The molecule has 0 saturated carbocycles. The van der Waals surface area contributed by atoms with Crippen molar-refractivity contribution in [1.82, 2.24) is 5.32 Å². The van der Waals surface area contributed by atoms with Crippen molar-refractivity contribution in [1.29, 1.82) is 0 Å². The summed E-state index contributed by atoms with van der Waals surface area (Å²) in [6, 6.07) is 0. The number of ether oxygens (including phenoxy) is 1. The molecule has 2 amide bonds. The first-order chi connectivity index (χ1) is 8.99. The van der Waals surface area contributed by atoms with Gasteiger partial charge in [-0.05, 0) is 46.6 Å². The molecule has 3 N–H and O–H groups in total. The van der Waals surface area contributed by atoms with Crippen molar-refractivity contribution in [2.45, 2.75) is 32.0 Å². The molecule has 0 aromatic carbocycles. The molecule has 0 bridgehead atoms. The monoisotopic (exact) mass is 346 g/mol. The number of amides is 2. The molecule has 2 rings (SSSR count). The molecule has 1 fully saturated rings. The van der Waals surface area contributed by atoms with Gasteiger partial charge in [0, 0.05) is 11.0 Å². The fourth-order valence-electron chi connectivity index (χ4n) is 1.94. The van der Waals surface area contributed by atoms with Crippen LogP contribution in [0.3, 0.4) is 0 Å². The Morgan fingerprint density at radius 1 is 1.58 bits per heavy atom. The zero-order valence-electron chi connectivity index (χ0n) is 10.4. The molecule has 104 valence electrons. The van der Waals surface area contributed by atoms with Gasteiger partial charge in [-0.1, -0.05) is 0 Å². The molecule has 0 unspecified atom stereocenters. The van der Waals surface area contributed by atoms with Crippen molar-refractivity contribution >= 4 is 39.1 Å². The normalized spacial score (nSPS) is 22.4. The molecule has 0 aliphatic carbocycles. The van der Waals surface area contributed by atoms with Gasteiger partial charge < -0.3 is 15.8 Å². The Morgan fingerprint density at radius 2 is 2.32 bits per heavy atom. The van der Waals surface area contributed by atoms with E-state index in [0.29, 0.717) is 17.8 Å². The van der Waals surface area contributed by atoms with E-state index >= 15 is 0 Å². The van der Waals surface area contributed by atoms with Gasteiger partial charge in [0.15, 0.2) is 0 Å². The lowest BCUT2D eigenvalue weighted by atomic mass is 10.2. The second-order valence-electron chi connectivity index (χ2n) is 4.50. The molecule has 0 spiro atoms. The van der Waals surface area contributed by atoms with E-state index in [0.717, 1.165) is 16.5 Å². The van der Waals surface area contributed by atoms with E-state index in [-0.39, 0.29) is 12.0 Å². The first kappa shape index (κ1) is 14.5. The second-order valence-corrected chi connectivity index (χ2v) is 6.17. The maximum Gasteiger partial charge on any atom is 0.262 e. The predicted octanol–water partition coefficient (Wildman–Crippen LogP) is 1.58. The fraction of sp³-hybridized carbons (Fsp3) is 0.500. The average molecular weight is 347 g/mol. The highest BCUT2D eigenvalue weighted by molar-refractivity contribution is 9.10. The number of halogens is 1. The summed E-state index contributed by atoms with van der Waals surface area (Å²) < 4.78 is 6.28. The van der Waals surface area contributed by atoms with Crippen LogP contribution in [0.4, 0.5) is 0 Å². The summed E-state index contributed by atoms with van der Waals surface area (Å²) in [6.45, 7) is 2.33. The van der Waals surface area contributed by atoms with Crippen LogP contribution in [0.2, 0.25) is 0 Å². The zero-order chi connectivity index (χ0) is 14.0. The lowest BCUT2D eigenvalue weighted by molar-refractivity contribution is -0.128. The molecule has 19 heavy (non-hydrogen) atoms. The summed E-state index contributed by atoms with van der Waals surface area (Å²) >= 11 is 4.79. The van der Waals surface area contributed by atoms with Crippen LogP contribution in [-0.4, -0.2) is 30.6 Å². The van der Waals surface area contributed by atoms with Crippen molar-refractivity contribution < 1.29 is 14.3 Å². The molecule has 2 atom stereocenters. The zero-order valence-corrected chi connectivity index (χ0v) is 12.8. The van der Waals surface area contributed by atoms with Crippen LogP contribution in [0.25, 0.3) is 0 Å². The van der Waals surface area contributed by atoms with Crippen molar-refractivity contribution in [2.75, 3.05) is 6.54 Å². The van der Waals surface area contributed by atoms with Crippen LogP contribution in [0, 0.1) is 6.92 Å². The maximum atomic E-state index is 12.0. The van der Waals surface area contributed by atoms with E-state index in [1.165, 1.54) is 11.3 Å². The Labute approximate surface area is 123 Å². The van der Waals surface area contributed by atoms with Crippen LogP contribution in [0.15, 0.2) is 9.85 Å². The molecule has 1 aromatic heterocycles.